The van der Waals surface area contributed by atoms with Gasteiger partial charge in [0.05, 0.1) is 43.0 Å². The Bertz CT molecular complexity index is 633. The van der Waals surface area contributed by atoms with E-state index < -0.39 is 5.82 Å². The van der Waals surface area contributed by atoms with E-state index in [1.807, 2.05) is 9.80 Å². The van der Waals surface area contributed by atoms with Gasteiger partial charge in [0.2, 0.25) is 5.91 Å². The van der Waals surface area contributed by atoms with Crippen LogP contribution in [-0.4, -0.2) is 79.2 Å². The van der Waals surface area contributed by atoms with Gasteiger partial charge in [-0.2, -0.15) is 0 Å². The number of carbonyl (C=O) groups excluding carboxylic acids is 1. The molecule has 4 heterocycles. The molecule has 1 amide bonds. The number of ether oxygens (including phenoxy) is 1. The quantitative estimate of drug-likeness (QED) is 0.846. The SMILES string of the molecule is Nc1cncc(F)c1N1CCC(C(=O)N2CCN(C3COC3)CC2)CC1. The van der Waals surface area contributed by atoms with Crippen molar-refractivity contribution < 1.29 is 13.9 Å². The predicted octanol–water partition coefficient (Wildman–Crippen LogP) is 0.562. The molecule has 0 atom stereocenters. The molecule has 1 aromatic heterocycles. The second-order valence-electron chi connectivity index (χ2n) is 7.37. The second-order valence-corrected chi connectivity index (χ2v) is 7.37. The van der Waals surface area contributed by atoms with Crippen LogP contribution in [-0.2, 0) is 9.53 Å². The molecule has 0 aromatic carbocycles. The number of nitrogens with zero attached hydrogens (tertiary/aromatic N) is 4. The van der Waals surface area contributed by atoms with E-state index in [0.29, 0.717) is 30.5 Å². The molecule has 26 heavy (non-hydrogen) atoms. The molecule has 0 aliphatic carbocycles. The van der Waals surface area contributed by atoms with Crippen LogP contribution in [0.3, 0.4) is 0 Å². The lowest BCUT2D eigenvalue weighted by molar-refractivity contribution is -0.140. The highest BCUT2D eigenvalue weighted by atomic mass is 19.1. The van der Waals surface area contributed by atoms with Gasteiger partial charge >= 0.3 is 0 Å². The minimum absolute atomic E-state index is 0.0240. The van der Waals surface area contributed by atoms with Crippen molar-refractivity contribution in [3.8, 4) is 0 Å². The zero-order valence-corrected chi connectivity index (χ0v) is 14.9. The fourth-order valence-electron chi connectivity index (χ4n) is 4.13. The van der Waals surface area contributed by atoms with Crippen LogP contribution < -0.4 is 10.6 Å². The first-order chi connectivity index (χ1) is 12.6. The number of amides is 1. The Kier molecular flexibility index (Phi) is 4.95. The van der Waals surface area contributed by atoms with Crippen LogP contribution >= 0.6 is 0 Å². The number of piperidine rings is 1. The van der Waals surface area contributed by atoms with Crippen molar-refractivity contribution in [2.24, 2.45) is 5.92 Å². The molecular formula is C18H26FN5O2. The summed E-state index contributed by atoms with van der Waals surface area (Å²) in [4.78, 5) is 23.0. The zero-order chi connectivity index (χ0) is 18.1. The van der Waals surface area contributed by atoms with Crippen LogP contribution in [0, 0.1) is 11.7 Å². The monoisotopic (exact) mass is 363 g/mol. The minimum Gasteiger partial charge on any atom is -0.396 e. The molecule has 0 unspecified atom stereocenters. The number of piperazine rings is 1. The number of pyridine rings is 1. The average molecular weight is 363 g/mol. The Morgan fingerprint density at radius 3 is 2.38 bits per heavy atom. The third-order valence-corrected chi connectivity index (χ3v) is 5.82. The number of nitrogens with two attached hydrogens (primary N) is 1. The molecule has 3 aliphatic rings. The molecule has 0 bridgehead atoms. The maximum absolute atomic E-state index is 14.0. The number of carbonyl (C=O) groups is 1. The third kappa shape index (κ3) is 3.35. The second kappa shape index (κ2) is 7.36. The standard InChI is InChI=1S/C18H26FN5O2/c19-15-9-21-10-16(20)17(15)23-3-1-13(2-4-23)18(25)24-7-5-22(6-8-24)14-11-26-12-14/h9-10,13-14H,1-8,11-12,20H2. The number of nitrogen functional groups attached to an aromatic ring is 1. The molecule has 2 N–H and O–H groups in total. The van der Waals surface area contributed by atoms with Gasteiger partial charge in [-0.15, -0.1) is 0 Å². The normalized spacial score (nSPS) is 23.1. The highest BCUT2D eigenvalue weighted by Gasteiger charge is 2.34. The average Bonchev–Trinajstić information content (AvgIpc) is 2.61. The Balaban J connectivity index is 1.30. The number of aromatic nitrogens is 1. The maximum Gasteiger partial charge on any atom is 0.225 e. The first-order valence-electron chi connectivity index (χ1n) is 9.38. The fourth-order valence-corrected chi connectivity index (χ4v) is 4.13. The van der Waals surface area contributed by atoms with E-state index in [4.69, 9.17) is 10.5 Å². The van der Waals surface area contributed by atoms with E-state index >= 15 is 0 Å². The van der Waals surface area contributed by atoms with E-state index in [1.54, 1.807) is 0 Å². The van der Waals surface area contributed by atoms with Gasteiger partial charge in [-0.1, -0.05) is 0 Å². The van der Waals surface area contributed by atoms with Gasteiger partial charge in [0.25, 0.3) is 0 Å². The van der Waals surface area contributed by atoms with Crippen LogP contribution in [0.2, 0.25) is 0 Å². The zero-order valence-electron chi connectivity index (χ0n) is 14.9. The van der Waals surface area contributed by atoms with Crippen LogP contribution in [0.4, 0.5) is 15.8 Å². The van der Waals surface area contributed by atoms with E-state index in [-0.39, 0.29) is 11.8 Å². The molecule has 0 saturated carbocycles. The smallest absolute Gasteiger partial charge is 0.225 e. The summed E-state index contributed by atoms with van der Waals surface area (Å²) in [5.41, 5.74) is 6.66. The molecule has 1 aromatic rings. The molecule has 0 radical (unpaired) electrons. The van der Waals surface area contributed by atoms with Crippen molar-refractivity contribution >= 4 is 17.3 Å². The van der Waals surface area contributed by atoms with Crippen molar-refractivity contribution in [1.29, 1.82) is 0 Å². The lowest BCUT2D eigenvalue weighted by Crippen LogP contribution is -2.58. The van der Waals surface area contributed by atoms with Gasteiger partial charge in [-0.3, -0.25) is 14.7 Å². The van der Waals surface area contributed by atoms with Crippen LogP contribution in [0.5, 0.6) is 0 Å². The highest BCUT2D eigenvalue weighted by molar-refractivity contribution is 5.79. The lowest BCUT2D eigenvalue weighted by atomic mass is 9.94. The number of hydrogen-bond donors (Lipinski definition) is 1. The van der Waals surface area contributed by atoms with Gasteiger partial charge < -0.3 is 20.3 Å². The van der Waals surface area contributed by atoms with Crippen molar-refractivity contribution in [3.63, 3.8) is 0 Å². The molecule has 0 spiro atoms. The van der Waals surface area contributed by atoms with Crippen molar-refractivity contribution in [2.45, 2.75) is 18.9 Å². The molecule has 142 valence electrons. The van der Waals surface area contributed by atoms with Crippen LogP contribution in [0.25, 0.3) is 0 Å². The number of hydrogen-bond acceptors (Lipinski definition) is 6. The van der Waals surface area contributed by atoms with Gasteiger partial charge in [0.1, 0.15) is 0 Å². The van der Waals surface area contributed by atoms with Gasteiger partial charge in [0.15, 0.2) is 5.82 Å². The Labute approximate surface area is 152 Å². The molecule has 3 fully saturated rings. The minimum atomic E-state index is -0.397. The van der Waals surface area contributed by atoms with Gasteiger partial charge in [0, 0.05) is 45.2 Å². The van der Waals surface area contributed by atoms with E-state index in [0.717, 1.165) is 52.2 Å². The first kappa shape index (κ1) is 17.5. The summed E-state index contributed by atoms with van der Waals surface area (Å²) in [7, 11) is 0. The van der Waals surface area contributed by atoms with Crippen molar-refractivity contribution in [3.05, 3.63) is 18.2 Å². The molecule has 4 rings (SSSR count). The van der Waals surface area contributed by atoms with E-state index in [9.17, 15) is 9.18 Å². The number of rotatable bonds is 3. The first-order valence-corrected chi connectivity index (χ1v) is 9.38. The van der Waals surface area contributed by atoms with Crippen molar-refractivity contribution in [1.82, 2.24) is 14.8 Å². The predicted molar refractivity (Wildman–Crippen MR) is 96.3 cm³/mol. The highest BCUT2D eigenvalue weighted by Crippen LogP contribution is 2.30. The largest absolute Gasteiger partial charge is 0.396 e. The Hall–Kier alpha value is -1.93. The molecule has 3 saturated heterocycles. The van der Waals surface area contributed by atoms with Gasteiger partial charge in [-0.05, 0) is 12.8 Å². The molecule has 8 heteroatoms. The lowest BCUT2D eigenvalue weighted by Gasteiger charge is -2.43. The van der Waals surface area contributed by atoms with E-state index in [2.05, 4.69) is 9.88 Å². The Morgan fingerprint density at radius 2 is 1.81 bits per heavy atom. The maximum atomic E-state index is 14.0. The summed E-state index contributed by atoms with van der Waals surface area (Å²) in [6, 6.07) is 0.538. The third-order valence-electron chi connectivity index (χ3n) is 5.82. The summed E-state index contributed by atoms with van der Waals surface area (Å²) in [6.45, 7) is 6.36. The summed E-state index contributed by atoms with van der Waals surface area (Å²) < 4.78 is 19.3. The topological polar surface area (TPSA) is 74.9 Å². The summed E-state index contributed by atoms with van der Waals surface area (Å²) in [6.07, 6.45) is 4.13. The van der Waals surface area contributed by atoms with Crippen molar-refractivity contribution in [2.75, 3.05) is 63.1 Å². The number of anilines is 2. The number of halogens is 1. The molecule has 3 aliphatic heterocycles. The Morgan fingerprint density at radius 1 is 1.12 bits per heavy atom. The van der Waals surface area contributed by atoms with Crippen LogP contribution in [0.1, 0.15) is 12.8 Å². The van der Waals surface area contributed by atoms with Gasteiger partial charge in [-0.25, -0.2) is 4.39 Å². The summed E-state index contributed by atoms with van der Waals surface area (Å²) in [5, 5.41) is 0. The molecular weight excluding hydrogens is 337 g/mol. The van der Waals surface area contributed by atoms with Crippen LogP contribution in [0.15, 0.2) is 12.4 Å². The summed E-state index contributed by atoms with van der Waals surface area (Å²) in [5.74, 6) is -0.126. The molecule has 7 nitrogen and oxygen atoms in total. The summed E-state index contributed by atoms with van der Waals surface area (Å²) >= 11 is 0. The fraction of sp³-hybridized carbons (Fsp3) is 0.667. The van der Waals surface area contributed by atoms with E-state index in [1.165, 1.54) is 12.4 Å².